The summed E-state index contributed by atoms with van der Waals surface area (Å²) in [5.74, 6) is 0.212. The number of urea groups is 1. The van der Waals surface area contributed by atoms with Gasteiger partial charge in [0.05, 0.1) is 0 Å². The van der Waals surface area contributed by atoms with Crippen LogP contribution in [0.2, 0.25) is 5.02 Å². The third-order valence-corrected chi connectivity index (χ3v) is 5.16. The number of rotatable bonds is 5. The van der Waals surface area contributed by atoms with Crippen LogP contribution in [-0.2, 0) is 4.79 Å². The molecule has 2 aromatic carbocycles. The molecule has 0 atom stereocenters. The summed E-state index contributed by atoms with van der Waals surface area (Å²) in [4.78, 5) is 28.2. The quantitative estimate of drug-likeness (QED) is 0.814. The zero-order chi connectivity index (χ0) is 19.6. The first-order valence-electron chi connectivity index (χ1n) is 9.07. The number of carbonyl (C=O) groups is 2. The van der Waals surface area contributed by atoms with Gasteiger partial charge < -0.3 is 10.2 Å². The average Bonchev–Trinajstić information content (AvgIpc) is 2.99. The van der Waals surface area contributed by atoms with E-state index in [-0.39, 0.29) is 18.5 Å². The zero-order valence-corrected chi connectivity index (χ0v) is 16.6. The molecular formula is C21H24ClN3O2. The monoisotopic (exact) mass is 385 g/mol. The van der Waals surface area contributed by atoms with Gasteiger partial charge in [0.15, 0.2) is 0 Å². The van der Waals surface area contributed by atoms with E-state index in [9.17, 15) is 9.59 Å². The van der Waals surface area contributed by atoms with E-state index in [2.05, 4.69) is 19.2 Å². The average molecular weight is 386 g/mol. The van der Waals surface area contributed by atoms with E-state index in [1.54, 1.807) is 21.9 Å². The number of nitrogens with zero attached hydrogens (tertiary/aromatic N) is 2. The molecule has 27 heavy (non-hydrogen) atoms. The Bertz CT molecular complexity index is 849. The van der Waals surface area contributed by atoms with Crippen LogP contribution in [0.15, 0.2) is 42.5 Å². The standard InChI is InChI=1S/C21H24ClN3O2/c1-14(2)16-5-8-18(9-6-16)25-11-10-24(21(25)27)13-20(26)23-17-7-4-15(3)19(22)12-17/h4-9,12,14H,10-11,13H2,1-3H3,(H,23,26). The van der Waals surface area contributed by atoms with Gasteiger partial charge in [0.2, 0.25) is 5.91 Å². The molecule has 1 aliphatic rings. The van der Waals surface area contributed by atoms with Crippen molar-refractivity contribution in [3.63, 3.8) is 0 Å². The van der Waals surface area contributed by atoms with Gasteiger partial charge in [-0.3, -0.25) is 9.69 Å². The maximum absolute atomic E-state index is 12.7. The van der Waals surface area contributed by atoms with E-state index in [4.69, 9.17) is 11.6 Å². The lowest BCUT2D eigenvalue weighted by molar-refractivity contribution is -0.116. The van der Waals surface area contributed by atoms with Gasteiger partial charge in [-0.15, -0.1) is 0 Å². The Kier molecular flexibility index (Phi) is 5.71. The molecule has 142 valence electrons. The van der Waals surface area contributed by atoms with Crippen LogP contribution in [-0.4, -0.2) is 36.5 Å². The highest BCUT2D eigenvalue weighted by Gasteiger charge is 2.30. The molecule has 5 nitrogen and oxygen atoms in total. The molecule has 1 fully saturated rings. The fraction of sp³-hybridized carbons (Fsp3) is 0.333. The number of amides is 3. The van der Waals surface area contributed by atoms with E-state index in [1.807, 2.05) is 37.3 Å². The largest absolute Gasteiger partial charge is 0.325 e. The second-order valence-corrected chi connectivity index (χ2v) is 7.52. The second kappa shape index (κ2) is 8.01. The highest BCUT2D eigenvalue weighted by atomic mass is 35.5. The lowest BCUT2D eigenvalue weighted by Gasteiger charge is -2.19. The Morgan fingerprint density at radius 2 is 1.85 bits per heavy atom. The number of aryl methyl sites for hydroxylation is 1. The number of nitrogens with one attached hydrogen (secondary N) is 1. The van der Waals surface area contributed by atoms with Crippen molar-refractivity contribution in [1.82, 2.24) is 4.90 Å². The Morgan fingerprint density at radius 1 is 1.15 bits per heavy atom. The van der Waals surface area contributed by atoms with Crippen molar-refractivity contribution in [2.45, 2.75) is 26.7 Å². The topological polar surface area (TPSA) is 52.7 Å². The first-order chi connectivity index (χ1) is 12.8. The molecule has 1 aliphatic heterocycles. The lowest BCUT2D eigenvalue weighted by Crippen LogP contribution is -2.37. The van der Waals surface area contributed by atoms with Gasteiger partial charge in [0.1, 0.15) is 6.54 Å². The SMILES string of the molecule is Cc1ccc(NC(=O)CN2CCN(c3ccc(C(C)C)cc3)C2=O)cc1Cl. The molecule has 3 rings (SSSR count). The fourth-order valence-electron chi connectivity index (χ4n) is 3.05. The molecule has 0 bridgehead atoms. The minimum Gasteiger partial charge on any atom is -0.324 e. The van der Waals surface area contributed by atoms with Crippen LogP contribution in [0.25, 0.3) is 0 Å². The van der Waals surface area contributed by atoms with E-state index in [1.165, 1.54) is 5.56 Å². The molecule has 0 radical (unpaired) electrons. The van der Waals surface area contributed by atoms with Gasteiger partial charge in [-0.1, -0.05) is 43.6 Å². The van der Waals surface area contributed by atoms with Crippen LogP contribution >= 0.6 is 11.6 Å². The predicted molar refractivity (Wildman–Crippen MR) is 110 cm³/mol. The number of anilines is 2. The van der Waals surface area contributed by atoms with Crippen molar-refractivity contribution in [3.8, 4) is 0 Å². The molecule has 0 spiro atoms. The number of hydrogen-bond acceptors (Lipinski definition) is 2. The van der Waals surface area contributed by atoms with Crippen molar-refractivity contribution in [3.05, 3.63) is 58.6 Å². The number of halogens is 1. The van der Waals surface area contributed by atoms with Crippen molar-refractivity contribution >= 4 is 34.9 Å². The first kappa shape index (κ1) is 19.2. The van der Waals surface area contributed by atoms with E-state index >= 15 is 0 Å². The molecule has 3 amide bonds. The maximum Gasteiger partial charge on any atom is 0.325 e. The van der Waals surface area contributed by atoms with Gasteiger partial charge in [0, 0.05) is 29.5 Å². The Labute approximate surface area is 164 Å². The summed E-state index contributed by atoms with van der Waals surface area (Å²) in [7, 11) is 0. The van der Waals surface area contributed by atoms with Crippen molar-refractivity contribution in [2.75, 3.05) is 29.9 Å². The van der Waals surface area contributed by atoms with Crippen molar-refractivity contribution < 1.29 is 9.59 Å². The van der Waals surface area contributed by atoms with Crippen LogP contribution in [0.4, 0.5) is 16.2 Å². The summed E-state index contributed by atoms with van der Waals surface area (Å²) in [5, 5.41) is 3.39. The molecule has 6 heteroatoms. The van der Waals surface area contributed by atoms with Crippen LogP contribution in [0.3, 0.4) is 0 Å². The van der Waals surface area contributed by atoms with Crippen LogP contribution in [0, 0.1) is 6.92 Å². The summed E-state index contributed by atoms with van der Waals surface area (Å²) >= 11 is 6.09. The Morgan fingerprint density at radius 3 is 2.48 bits per heavy atom. The minimum atomic E-state index is -0.236. The number of carbonyl (C=O) groups excluding carboxylic acids is 2. The second-order valence-electron chi connectivity index (χ2n) is 7.11. The van der Waals surface area contributed by atoms with Gasteiger partial charge in [-0.05, 0) is 48.2 Å². The van der Waals surface area contributed by atoms with E-state index in [0.717, 1.165) is 11.3 Å². The minimum absolute atomic E-state index is 0.0188. The first-order valence-corrected chi connectivity index (χ1v) is 9.45. The highest BCUT2D eigenvalue weighted by Crippen LogP contribution is 2.24. The van der Waals surface area contributed by atoms with Crippen LogP contribution in [0.1, 0.15) is 30.9 Å². The smallest absolute Gasteiger partial charge is 0.324 e. The Hall–Kier alpha value is -2.53. The summed E-state index contributed by atoms with van der Waals surface area (Å²) in [6.07, 6.45) is 0. The summed E-state index contributed by atoms with van der Waals surface area (Å²) in [6, 6.07) is 13.2. The van der Waals surface area contributed by atoms with Crippen LogP contribution in [0.5, 0.6) is 0 Å². The highest BCUT2D eigenvalue weighted by molar-refractivity contribution is 6.31. The van der Waals surface area contributed by atoms with Gasteiger partial charge in [0.25, 0.3) is 0 Å². The predicted octanol–water partition coefficient (Wildman–Crippen LogP) is 4.65. The Balaban J connectivity index is 1.61. The fourth-order valence-corrected chi connectivity index (χ4v) is 3.23. The molecule has 0 saturated carbocycles. The zero-order valence-electron chi connectivity index (χ0n) is 15.8. The molecule has 0 aromatic heterocycles. The van der Waals surface area contributed by atoms with Crippen LogP contribution < -0.4 is 10.2 Å². The maximum atomic E-state index is 12.7. The number of benzene rings is 2. The van der Waals surface area contributed by atoms with E-state index < -0.39 is 0 Å². The molecule has 0 unspecified atom stereocenters. The van der Waals surface area contributed by atoms with Gasteiger partial charge in [-0.25, -0.2) is 4.79 Å². The summed E-state index contributed by atoms with van der Waals surface area (Å²) < 4.78 is 0. The van der Waals surface area contributed by atoms with Crippen molar-refractivity contribution in [1.29, 1.82) is 0 Å². The molecular weight excluding hydrogens is 362 g/mol. The normalized spacial score (nSPS) is 14.2. The summed E-state index contributed by atoms with van der Waals surface area (Å²) in [6.45, 7) is 7.29. The molecule has 1 heterocycles. The molecule has 1 N–H and O–H groups in total. The number of hydrogen-bond donors (Lipinski definition) is 1. The molecule has 2 aromatic rings. The molecule has 0 aliphatic carbocycles. The van der Waals surface area contributed by atoms with Gasteiger partial charge >= 0.3 is 6.03 Å². The van der Waals surface area contributed by atoms with Crippen molar-refractivity contribution in [2.24, 2.45) is 0 Å². The van der Waals surface area contributed by atoms with E-state index in [0.29, 0.717) is 29.7 Å². The third-order valence-electron chi connectivity index (χ3n) is 4.76. The lowest BCUT2D eigenvalue weighted by atomic mass is 10.0. The third kappa shape index (κ3) is 4.42. The molecule has 1 saturated heterocycles. The van der Waals surface area contributed by atoms with Gasteiger partial charge in [-0.2, -0.15) is 0 Å². The summed E-state index contributed by atoms with van der Waals surface area (Å²) in [5.41, 5.74) is 3.67.